The first-order valence-corrected chi connectivity index (χ1v) is 6.63. The van der Waals surface area contributed by atoms with Gasteiger partial charge in [0.25, 0.3) is 0 Å². The predicted molar refractivity (Wildman–Crippen MR) is 71.2 cm³/mol. The molecule has 0 aliphatic heterocycles. The largest absolute Gasteiger partial charge is 0.396 e. The van der Waals surface area contributed by atoms with Crippen LogP contribution in [0.25, 0.3) is 0 Å². The Kier molecular flexibility index (Phi) is 6.21. The molecule has 0 saturated heterocycles. The van der Waals surface area contributed by atoms with Gasteiger partial charge in [0.05, 0.1) is 5.02 Å². The molecule has 0 aliphatic rings. The van der Waals surface area contributed by atoms with Gasteiger partial charge in [-0.25, -0.2) is 0 Å². The molecule has 0 radical (unpaired) electrons. The molecule has 2 nitrogen and oxygen atoms in total. The number of aliphatic hydroxyl groups excluding tert-OH is 1. The van der Waals surface area contributed by atoms with Crippen molar-refractivity contribution in [2.24, 2.45) is 0 Å². The Hall–Kier alpha value is -0.220. The van der Waals surface area contributed by atoms with Crippen molar-refractivity contribution in [3.63, 3.8) is 0 Å². The van der Waals surface area contributed by atoms with E-state index in [2.05, 4.69) is 18.3 Å². The normalized spacial score (nSPS) is 12.8. The van der Waals surface area contributed by atoms with Crippen LogP contribution in [0.3, 0.4) is 0 Å². The predicted octanol–water partition coefficient (Wildman–Crippen LogP) is 2.92. The summed E-state index contributed by atoms with van der Waals surface area (Å²) in [6.45, 7) is 3.15. The molecule has 4 heteroatoms. The van der Waals surface area contributed by atoms with E-state index in [0.717, 1.165) is 22.9 Å². The highest BCUT2D eigenvalue weighted by atomic mass is 35.5. The molecule has 1 aromatic rings. The number of aliphatic hydroxyl groups is 1. The van der Waals surface area contributed by atoms with Crippen molar-refractivity contribution in [3.05, 3.63) is 28.8 Å². The summed E-state index contributed by atoms with van der Waals surface area (Å²) >= 11 is 7.91. The smallest absolute Gasteiger partial charge is 0.0545 e. The standard InChI is InChI=1S/C12H18ClNOS/c1-9(5-6-15)16-12-4-3-10(8-14-2)7-11(12)13/h3-4,7,9,14-15H,5-6,8H2,1-2H3. The van der Waals surface area contributed by atoms with Crippen molar-refractivity contribution in [3.8, 4) is 0 Å². The first-order chi connectivity index (χ1) is 7.67. The van der Waals surface area contributed by atoms with Gasteiger partial charge in [0.2, 0.25) is 0 Å². The summed E-state index contributed by atoms with van der Waals surface area (Å²) in [4.78, 5) is 1.09. The van der Waals surface area contributed by atoms with Gasteiger partial charge in [-0.15, -0.1) is 11.8 Å². The second-order valence-corrected chi connectivity index (χ2v) is 5.62. The van der Waals surface area contributed by atoms with Gasteiger partial charge < -0.3 is 10.4 Å². The van der Waals surface area contributed by atoms with Crippen LogP contribution < -0.4 is 5.32 Å². The number of halogens is 1. The molecule has 16 heavy (non-hydrogen) atoms. The van der Waals surface area contributed by atoms with Crippen LogP contribution in [0.1, 0.15) is 18.9 Å². The van der Waals surface area contributed by atoms with E-state index in [9.17, 15) is 0 Å². The monoisotopic (exact) mass is 259 g/mol. The Morgan fingerprint density at radius 3 is 2.81 bits per heavy atom. The van der Waals surface area contributed by atoms with Gasteiger partial charge in [-0.3, -0.25) is 0 Å². The molecule has 0 saturated carbocycles. The molecular formula is C12H18ClNOS. The van der Waals surface area contributed by atoms with Gasteiger partial charge >= 0.3 is 0 Å². The van der Waals surface area contributed by atoms with Crippen molar-refractivity contribution in [1.82, 2.24) is 5.32 Å². The minimum atomic E-state index is 0.226. The molecule has 0 bridgehead atoms. The number of nitrogens with one attached hydrogen (secondary N) is 1. The van der Waals surface area contributed by atoms with E-state index in [1.54, 1.807) is 11.8 Å². The third-order valence-corrected chi connectivity index (χ3v) is 3.91. The fourth-order valence-corrected chi connectivity index (χ4v) is 2.72. The molecule has 2 N–H and O–H groups in total. The third-order valence-electron chi connectivity index (χ3n) is 2.24. The van der Waals surface area contributed by atoms with E-state index >= 15 is 0 Å². The maximum Gasteiger partial charge on any atom is 0.0545 e. The molecule has 0 spiro atoms. The fourth-order valence-electron chi connectivity index (χ4n) is 1.41. The topological polar surface area (TPSA) is 32.3 Å². The minimum absolute atomic E-state index is 0.226. The molecule has 1 aromatic carbocycles. The second kappa shape index (κ2) is 7.17. The van der Waals surface area contributed by atoms with Crippen LogP contribution in [-0.4, -0.2) is 24.0 Å². The Morgan fingerprint density at radius 1 is 1.50 bits per heavy atom. The third kappa shape index (κ3) is 4.34. The Balaban J connectivity index is 2.67. The van der Waals surface area contributed by atoms with Crippen LogP contribution in [0.5, 0.6) is 0 Å². The quantitative estimate of drug-likeness (QED) is 0.771. The Bertz CT molecular complexity index is 333. The molecule has 1 atom stereocenters. The second-order valence-electron chi connectivity index (χ2n) is 3.74. The summed E-state index contributed by atoms with van der Waals surface area (Å²) in [5, 5.41) is 13.1. The first-order valence-electron chi connectivity index (χ1n) is 5.38. The zero-order chi connectivity index (χ0) is 12.0. The number of thioether (sulfide) groups is 1. The van der Waals surface area contributed by atoms with Crippen LogP contribution in [0.4, 0.5) is 0 Å². The van der Waals surface area contributed by atoms with Gasteiger partial charge in [-0.2, -0.15) is 0 Å². The Morgan fingerprint density at radius 2 is 2.25 bits per heavy atom. The molecule has 1 unspecified atom stereocenters. The zero-order valence-electron chi connectivity index (χ0n) is 9.66. The molecule has 0 aromatic heterocycles. The van der Waals surface area contributed by atoms with Crippen LogP contribution >= 0.6 is 23.4 Å². The lowest BCUT2D eigenvalue weighted by Gasteiger charge is -2.11. The van der Waals surface area contributed by atoms with E-state index in [1.807, 2.05) is 19.2 Å². The van der Waals surface area contributed by atoms with Crippen molar-refractivity contribution >= 4 is 23.4 Å². The maximum atomic E-state index is 8.84. The lowest BCUT2D eigenvalue weighted by atomic mass is 10.2. The molecule has 0 fully saturated rings. The van der Waals surface area contributed by atoms with E-state index in [1.165, 1.54) is 5.56 Å². The van der Waals surface area contributed by atoms with Gasteiger partial charge in [0.15, 0.2) is 0 Å². The van der Waals surface area contributed by atoms with E-state index < -0.39 is 0 Å². The maximum absolute atomic E-state index is 8.84. The molecule has 0 heterocycles. The molecule has 0 aliphatic carbocycles. The van der Waals surface area contributed by atoms with Crippen molar-refractivity contribution in [1.29, 1.82) is 0 Å². The van der Waals surface area contributed by atoms with Crippen molar-refractivity contribution < 1.29 is 5.11 Å². The van der Waals surface area contributed by atoms with Crippen LogP contribution in [0.2, 0.25) is 5.02 Å². The molecular weight excluding hydrogens is 242 g/mol. The summed E-state index contributed by atoms with van der Waals surface area (Å²) in [5.74, 6) is 0. The average molecular weight is 260 g/mol. The van der Waals surface area contributed by atoms with Crippen LogP contribution in [-0.2, 0) is 6.54 Å². The highest BCUT2D eigenvalue weighted by Gasteiger charge is 2.07. The summed E-state index contributed by atoms with van der Waals surface area (Å²) in [6, 6.07) is 6.12. The first kappa shape index (κ1) is 13.8. The summed E-state index contributed by atoms with van der Waals surface area (Å²) in [5.41, 5.74) is 1.19. The Labute approximate surface area is 106 Å². The number of rotatable bonds is 6. The SMILES string of the molecule is CNCc1ccc(SC(C)CCO)c(Cl)c1. The van der Waals surface area contributed by atoms with Crippen molar-refractivity contribution in [2.45, 2.75) is 30.0 Å². The van der Waals surface area contributed by atoms with Gasteiger partial charge in [0, 0.05) is 23.3 Å². The van der Waals surface area contributed by atoms with Gasteiger partial charge in [0.1, 0.15) is 0 Å². The average Bonchev–Trinajstić information content (AvgIpc) is 2.23. The number of hydrogen-bond donors (Lipinski definition) is 2. The number of hydrogen-bond acceptors (Lipinski definition) is 3. The highest BCUT2D eigenvalue weighted by Crippen LogP contribution is 2.32. The van der Waals surface area contributed by atoms with Crippen LogP contribution in [0.15, 0.2) is 23.1 Å². The van der Waals surface area contributed by atoms with Gasteiger partial charge in [-0.05, 0) is 31.2 Å². The fraction of sp³-hybridized carbons (Fsp3) is 0.500. The molecule has 90 valence electrons. The molecule has 1 rings (SSSR count). The zero-order valence-corrected chi connectivity index (χ0v) is 11.2. The lowest BCUT2D eigenvalue weighted by Crippen LogP contribution is -2.05. The van der Waals surface area contributed by atoms with Gasteiger partial charge in [-0.1, -0.05) is 24.6 Å². The lowest BCUT2D eigenvalue weighted by molar-refractivity contribution is 0.289. The minimum Gasteiger partial charge on any atom is -0.396 e. The van der Waals surface area contributed by atoms with E-state index in [-0.39, 0.29) is 6.61 Å². The van der Waals surface area contributed by atoms with Crippen LogP contribution in [0, 0.1) is 0 Å². The number of benzene rings is 1. The van der Waals surface area contributed by atoms with Crippen molar-refractivity contribution in [2.75, 3.05) is 13.7 Å². The molecule has 0 amide bonds. The summed E-state index contributed by atoms with van der Waals surface area (Å²) in [7, 11) is 1.92. The summed E-state index contributed by atoms with van der Waals surface area (Å²) in [6.07, 6.45) is 0.791. The summed E-state index contributed by atoms with van der Waals surface area (Å²) < 4.78 is 0. The van der Waals surface area contributed by atoms with E-state index in [4.69, 9.17) is 16.7 Å². The van der Waals surface area contributed by atoms with E-state index in [0.29, 0.717) is 5.25 Å². The highest BCUT2D eigenvalue weighted by molar-refractivity contribution is 8.00.